The van der Waals surface area contributed by atoms with Gasteiger partial charge in [-0.15, -0.1) is 0 Å². The molecular formula is C20H26N2O3S. The monoisotopic (exact) mass is 374 g/mol. The highest BCUT2D eigenvalue weighted by molar-refractivity contribution is 7.91. The predicted octanol–water partition coefficient (Wildman–Crippen LogP) is 2.58. The van der Waals surface area contributed by atoms with E-state index in [0.29, 0.717) is 6.54 Å². The Balaban J connectivity index is 2.00. The highest BCUT2D eigenvalue weighted by Gasteiger charge is 2.19. The molecule has 0 saturated carbocycles. The summed E-state index contributed by atoms with van der Waals surface area (Å²) in [4.78, 5) is 14.6. The average Bonchev–Trinajstić information content (AvgIpc) is 2.60. The first-order valence-corrected chi connectivity index (χ1v) is 10.2. The van der Waals surface area contributed by atoms with Crippen LogP contribution in [0.5, 0.6) is 0 Å². The van der Waals surface area contributed by atoms with Crippen molar-refractivity contribution < 1.29 is 13.2 Å². The molecule has 0 aliphatic heterocycles. The molecule has 0 spiro atoms. The molecule has 1 amide bonds. The van der Waals surface area contributed by atoms with Gasteiger partial charge >= 0.3 is 0 Å². The van der Waals surface area contributed by atoms with E-state index in [4.69, 9.17) is 0 Å². The molecule has 0 radical (unpaired) electrons. The van der Waals surface area contributed by atoms with Crippen LogP contribution in [0.4, 0.5) is 0 Å². The summed E-state index contributed by atoms with van der Waals surface area (Å²) in [6.45, 7) is 2.54. The van der Waals surface area contributed by atoms with Gasteiger partial charge in [-0.05, 0) is 38.7 Å². The Kier molecular flexibility index (Phi) is 6.94. The van der Waals surface area contributed by atoms with Gasteiger partial charge in [0.1, 0.15) is 0 Å². The third-order valence-electron chi connectivity index (χ3n) is 4.06. The number of nitrogens with one attached hydrogen (secondary N) is 1. The van der Waals surface area contributed by atoms with Gasteiger partial charge < -0.3 is 10.2 Å². The smallest absolute Gasteiger partial charge is 0.221 e. The van der Waals surface area contributed by atoms with Crippen molar-refractivity contribution in [3.63, 3.8) is 0 Å². The molecule has 1 atom stereocenters. The number of sulfone groups is 1. The van der Waals surface area contributed by atoms with Crippen LogP contribution in [0.1, 0.15) is 23.6 Å². The lowest BCUT2D eigenvalue weighted by atomic mass is 10.1. The van der Waals surface area contributed by atoms with Crippen LogP contribution < -0.4 is 5.32 Å². The highest BCUT2D eigenvalue weighted by Crippen LogP contribution is 2.15. The molecule has 140 valence electrons. The Morgan fingerprint density at radius 1 is 1.04 bits per heavy atom. The molecule has 0 aliphatic rings. The Hall–Kier alpha value is -2.18. The zero-order valence-corrected chi connectivity index (χ0v) is 16.3. The van der Waals surface area contributed by atoms with Crippen LogP contribution in [-0.2, 0) is 14.6 Å². The van der Waals surface area contributed by atoms with Gasteiger partial charge in [0, 0.05) is 13.0 Å². The van der Waals surface area contributed by atoms with Crippen molar-refractivity contribution in [2.24, 2.45) is 0 Å². The van der Waals surface area contributed by atoms with E-state index in [0.717, 1.165) is 11.1 Å². The van der Waals surface area contributed by atoms with E-state index < -0.39 is 9.84 Å². The fraction of sp³-hybridized carbons (Fsp3) is 0.350. The number of hydrogen-bond donors (Lipinski definition) is 1. The van der Waals surface area contributed by atoms with Crippen molar-refractivity contribution in [3.05, 3.63) is 65.7 Å². The molecule has 26 heavy (non-hydrogen) atoms. The van der Waals surface area contributed by atoms with Gasteiger partial charge in [0.25, 0.3) is 0 Å². The molecule has 1 N–H and O–H groups in total. The molecule has 5 nitrogen and oxygen atoms in total. The Morgan fingerprint density at radius 2 is 1.65 bits per heavy atom. The third kappa shape index (κ3) is 5.97. The van der Waals surface area contributed by atoms with Gasteiger partial charge in [-0.25, -0.2) is 8.42 Å². The molecule has 2 aromatic rings. The molecule has 6 heteroatoms. The molecule has 0 bridgehead atoms. The second-order valence-corrected chi connectivity index (χ2v) is 8.78. The van der Waals surface area contributed by atoms with Crippen LogP contribution in [0.15, 0.2) is 59.5 Å². The standard InChI is InChI=1S/C20H26N2O3S/c1-16-9-11-18(12-10-16)26(24,25)14-13-20(23)21-19(15-22(2)3)17-7-5-4-6-8-17/h4-12,19H,13-15H2,1-3H3,(H,21,23)/t19-/m0/s1. The quantitative estimate of drug-likeness (QED) is 0.771. The van der Waals surface area contributed by atoms with Crippen molar-refractivity contribution in [2.75, 3.05) is 26.4 Å². The van der Waals surface area contributed by atoms with Gasteiger partial charge in [-0.1, -0.05) is 48.0 Å². The summed E-state index contributed by atoms with van der Waals surface area (Å²) >= 11 is 0. The zero-order chi connectivity index (χ0) is 19.2. The molecule has 0 aromatic heterocycles. The summed E-state index contributed by atoms with van der Waals surface area (Å²) in [6, 6.07) is 16.2. The maximum Gasteiger partial charge on any atom is 0.221 e. The van der Waals surface area contributed by atoms with E-state index in [1.165, 1.54) is 0 Å². The second-order valence-electron chi connectivity index (χ2n) is 6.67. The summed E-state index contributed by atoms with van der Waals surface area (Å²) < 4.78 is 24.8. The third-order valence-corrected chi connectivity index (χ3v) is 5.79. The van der Waals surface area contributed by atoms with E-state index in [-0.39, 0.29) is 29.0 Å². The first-order valence-electron chi connectivity index (χ1n) is 8.56. The SMILES string of the molecule is Cc1ccc(S(=O)(=O)CCC(=O)N[C@@H](CN(C)C)c2ccccc2)cc1. The number of hydrogen-bond acceptors (Lipinski definition) is 4. The van der Waals surface area contributed by atoms with Crippen LogP contribution in [0.25, 0.3) is 0 Å². The lowest BCUT2D eigenvalue weighted by molar-refractivity contribution is -0.121. The Labute approximate surface area is 156 Å². The van der Waals surface area contributed by atoms with Crippen molar-refractivity contribution in [3.8, 4) is 0 Å². The fourth-order valence-electron chi connectivity index (χ4n) is 2.64. The molecule has 0 heterocycles. The molecular weight excluding hydrogens is 348 g/mol. The van der Waals surface area contributed by atoms with Crippen molar-refractivity contribution in [1.29, 1.82) is 0 Å². The number of likely N-dealkylation sites (N-methyl/N-ethyl adjacent to an activating group) is 1. The molecule has 0 fully saturated rings. The van der Waals surface area contributed by atoms with Gasteiger partial charge in [0.15, 0.2) is 9.84 Å². The minimum atomic E-state index is -3.47. The number of amides is 1. The number of carbonyl (C=O) groups excluding carboxylic acids is 1. The molecule has 2 rings (SSSR count). The predicted molar refractivity (Wildman–Crippen MR) is 104 cm³/mol. The van der Waals surface area contributed by atoms with E-state index in [2.05, 4.69) is 5.32 Å². The fourth-order valence-corrected chi connectivity index (χ4v) is 3.88. The number of aryl methyl sites for hydroxylation is 1. The number of rotatable bonds is 8. The summed E-state index contributed by atoms with van der Waals surface area (Å²) in [6.07, 6.45) is -0.0625. The Morgan fingerprint density at radius 3 is 2.23 bits per heavy atom. The first kappa shape index (κ1) is 20.1. The van der Waals surface area contributed by atoms with E-state index >= 15 is 0 Å². The summed E-state index contributed by atoms with van der Waals surface area (Å²) in [5.74, 6) is -0.470. The minimum Gasteiger partial charge on any atom is -0.348 e. The van der Waals surface area contributed by atoms with Crippen LogP contribution in [-0.4, -0.2) is 45.6 Å². The topological polar surface area (TPSA) is 66.5 Å². The summed E-state index contributed by atoms with van der Waals surface area (Å²) in [7, 11) is 0.402. The molecule has 0 aliphatic carbocycles. The normalized spacial score (nSPS) is 12.8. The van der Waals surface area contributed by atoms with Crippen LogP contribution in [0.3, 0.4) is 0 Å². The van der Waals surface area contributed by atoms with E-state index in [9.17, 15) is 13.2 Å². The van der Waals surface area contributed by atoms with Gasteiger partial charge in [0.2, 0.25) is 5.91 Å². The van der Waals surface area contributed by atoms with E-state index in [1.807, 2.05) is 56.3 Å². The highest BCUT2D eigenvalue weighted by atomic mass is 32.2. The van der Waals surface area contributed by atoms with Gasteiger partial charge in [-0.3, -0.25) is 4.79 Å². The van der Waals surface area contributed by atoms with E-state index in [1.54, 1.807) is 24.3 Å². The van der Waals surface area contributed by atoms with Crippen molar-refractivity contribution in [1.82, 2.24) is 10.2 Å². The lowest BCUT2D eigenvalue weighted by Crippen LogP contribution is -2.36. The summed E-state index contributed by atoms with van der Waals surface area (Å²) in [5.41, 5.74) is 1.99. The van der Waals surface area contributed by atoms with Gasteiger partial charge in [-0.2, -0.15) is 0 Å². The number of carbonyl (C=O) groups is 1. The molecule has 2 aromatic carbocycles. The number of benzene rings is 2. The Bertz CT molecular complexity index is 816. The average molecular weight is 375 g/mol. The maximum atomic E-state index is 12.4. The largest absolute Gasteiger partial charge is 0.348 e. The molecule has 0 unspecified atom stereocenters. The van der Waals surface area contributed by atoms with Crippen LogP contribution in [0, 0.1) is 6.92 Å². The summed E-state index contributed by atoms with van der Waals surface area (Å²) in [5, 5.41) is 2.95. The lowest BCUT2D eigenvalue weighted by Gasteiger charge is -2.23. The minimum absolute atomic E-state index is 0.0625. The van der Waals surface area contributed by atoms with Crippen molar-refractivity contribution in [2.45, 2.75) is 24.3 Å². The maximum absolute atomic E-state index is 12.4. The van der Waals surface area contributed by atoms with Gasteiger partial charge in [0.05, 0.1) is 16.7 Å². The zero-order valence-electron chi connectivity index (χ0n) is 15.5. The number of nitrogens with zero attached hydrogens (tertiary/aromatic N) is 1. The molecule has 0 saturated heterocycles. The van der Waals surface area contributed by atoms with Crippen LogP contribution in [0.2, 0.25) is 0 Å². The first-order chi connectivity index (χ1) is 12.3. The van der Waals surface area contributed by atoms with Crippen molar-refractivity contribution >= 4 is 15.7 Å². The second kappa shape index (κ2) is 8.96. The van der Waals surface area contributed by atoms with Crippen LogP contribution >= 0.6 is 0 Å².